The number of carbonyl (C=O) groups excluding carboxylic acids is 2. The van der Waals surface area contributed by atoms with Gasteiger partial charge in [0.2, 0.25) is 0 Å². The van der Waals surface area contributed by atoms with Gasteiger partial charge < -0.3 is 19.6 Å². The van der Waals surface area contributed by atoms with E-state index in [0.717, 1.165) is 5.56 Å². The van der Waals surface area contributed by atoms with E-state index >= 15 is 0 Å². The SMILES string of the molecule is BOC(=O)C(Cc1ccccc1)NC(=O)/C(C=C)=C/C=C1/COB(O)C1=C. The molecular weight excluding hydrogens is 344 g/mol. The second kappa shape index (κ2) is 9.75. The molecule has 1 aromatic carbocycles. The number of carbonyl (C=O) groups is 2. The molecule has 0 aromatic heterocycles. The number of benzene rings is 1. The van der Waals surface area contributed by atoms with Crippen molar-refractivity contribution in [2.24, 2.45) is 0 Å². The summed E-state index contributed by atoms with van der Waals surface area (Å²) in [7, 11) is 0.248. The Morgan fingerprint density at radius 1 is 1.41 bits per heavy atom. The Morgan fingerprint density at radius 2 is 2.11 bits per heavy atom. The molecule has 1 unspecified atom stereocenters. The smallest absolute Gasteiger partial charge is 0.491 e. The van der Waals surface area contributed by atoms with Gasteiger partial charge in [0.15, 0.2) is 0 Å². The predicted molar refractivity (Wildman–Crippen MR) is 106 cm³/mol. The van der Waals surface area contributed by atoms with Gasteiger partial charge in [-0.15, -0.1) is 0 Å². The molecule has 1 atom stereocenters. The molecule has 0 radical (unpaired) electrons. The van der Waals surface area contributed by atoms with E-state index in [1.165, 1.54) is 14.1 Å². The van der Waals surface area contributed by atoms with Gasteiger partial charge in [-0.25, -0.2) is 0 Å². The summed E-state index contributed by atoms with van der Waals surface area (Å²) in [6, 6.07) is 8.50. The van der Waals surface area contributed by atoms with Crippen LogP contribution in [0.4, 0.5) is 0 Å². The molecule has 1 aliphatic rings. The van der Waals surface area contributed by atoms with Crippen molar-refractivity contribution in [1.82, 2.24) is 5.32 Å². The summed E-state index contributed by atoms with van der Waals surface area (Å²) in [5, 5.41) is 12.2. The lowest BCUT2D eigenvalue weighted by atomic mass is 9.79. The Kier molecular flexibility index (Phi) is 7.40. The van der Waals surface area contributed by atoms with Gasteiger partial charge in [-0.2, -0.15) is 0 Å². The van der Waals surface area contributed by atoms with Crippen LogP contribution in [0.15, 0.2) is 78.3 Å². The molecule has 1 amide bonds. The zero-order valence-electron chi connectivity index (χ0n) is 15.2. The first-order chi connectivity index (χ1) is 13.0. The molecule has 8 heteroatoms. The third kappa shape index (κ3) is 5.57. The molecule has 0 spiro atoms. The Morgan fingerprint density at radius 3 is 2.67 bits per heavy atom. The van der Waals surface area contributed by atoms with Crippen molar-refractivity contribution in [2.75, 3.05) is 6.61 Å². The number of hydrogen-bond acceptors (Lipinski definition) is 5. The van der Waals surface area contributed by atoms with Crippen LogP contribution in [0.1, 0.15) is 5.56 Å². The fourth-order valence-electron chi connectivity index (χ4n) is 2.53. The third-order valence-electron chi connectivity index (χ3n) is 4.13. The molecule has 6 nitrogen and oxygen atoms in total. The maximum absolute atomic E-state index is 12.6. The van der Waals surface area contributed by atoms with E-state index in [1.807, 2.05) is 30.3 Å². The van der Waals surface area contributed by atoms with E-state index in [2.05, 4.69) is 18.5 Å². The van der Waals surface area contributed by atoms with E-state index in [0.29, 0.717) is 17.5 Å². The second-order valence-electron chi connectivity index (χ2n) is 5.95. The van der Waals surface area contributed by atoms with Gasteiger partial charge in [-0.3, -0.25) is 9.59 Å². The van der Waals surface area contributed by atoms with Crippen LogP contribution < -0.4 is 5.32 Å². The highest BCUT2D eigenvalue weighted by Gasteiger charge is 2.28. The summed E-state index contributed by atoms with van der Waals surface area (Å²) < 4.78 is 9.85. The van der Waals surface area contributed by atoms with Gasteiger partial charge in [0.1, 0.15) is 6.04 Å². The van der Waals surface area contributed by atoms with Crippen LogP contribution in [0.2, 0.25) is 0 Å². The highest BCUT2D eigenvalue weighted by molar-refractivity contribution is 6.54. The van der Waals surface area contributed by atoms with Crippen molar-refractivity contribution in [1.29, 1.82) is 0 Å². The topological polar surface area (TPSA) is 84.9 Å². The van der Waals surface area contributed by atoms with Crippen molar-refractivity contribution in [2.45, 2.75) is 12.5 Å². The molecule has 0 saturated carbocycles. The predicted octanol–water partition coefficient (Wildman–Crippen LogP) is 0.450. The van der Waals surface area contributed by atoms with Crippen molar-refractivity contribution < 1.29 is 23.9 Å². The average molecular weight is 365 g/mol. The first-order valence-corrected chi connectivity index (χ1v) is 8.41. The second-order valence-corrected chi connectivity index (χ2v) is 5.95. The molecule has 138 valence electrons. The fraction of sp³-hybridized carbons (Fsp3) is 0.158. The van der Waals surface area contributed by atoms with E-state index in [1.54, 1.807) is 12.2 Å². The van der Waals surface area contributed by atoms with E-state index in [-0.39, 0.29) is 12.2 Å². The Labute approximate surface area is 159 Å². The van der Waals surface area contributed by atoms with Crippen LogP contribution in [0, 0.1) is 0 Å². The summed E-state index contributed by atoms with van der Waals surface area (Å²) in [5.74, 6) is -0.993. The summed E-state index contributed by atoms with van der Waals surface area (Å²) in [5.41, 5.74) is 2.29. The number of nitrogens with one attached hydrogen (secondary N) is 1. The maximum atomic E-state index is 12.6. The largest absolute Gasteiger partial charge is 0.542 e. The van der Waals surface area contributed by atoms with Gasteiger partial charge in [-0.1, -0.05) is 55.6 Å². The number of amides is 1. The number of rotatable bonds is 7. The van der Waals surface area contributed by atoms with Crippen molar-refractivity contribution in [3.63, 3.8) is 0 Å². The molecule has 27 heavy (non-hydrogen) atoms. The van der Waals surface area contributed by atoms with Crippen LogP contribution in [-0.4, -0.2) is 44.7 Å². The highest BCUT2D eigenvalue weighted by atomic mass is 16.5. The van der Waals surface area contributed by atoms with Crippen LogP contribution in [0.3, 0.4) is 0 Å². The minimum Gasteiger partial charge on any atom is -0.542 e. The minimum absolute atomic E-state index is 0.210. The van der Waals surface area contributed by atoms with Gasteiger partial charge in [-0.05, 0) is 22.7 Å². The van der Waals surface area contributed by atoms with Crippen molar-refractivity contribution in [3.8, 4) is 0 Å². The molecule has 1 saturated heterocycles. The quantitative estimate of drug-likeness (QED) is 0.417. The van der Waals surface area contributed by atoms with E-state index in [9.17, 15) is 14.6 Å². The maximum Gasteiger partial charge on any atom is 0.491 e. The molecule has 2 rings (SSSR count). The van der Waals surface area contributed by atoms with E-state index in [4.69, 9.17) is 9.31 Å². The fourth-order valence-corrected chi connectivity index (χ4v) is 2.53. The molecule has 1 aliphatic heterocycles. The van der Waals surface area contributed by atoms with Crippen LogP contribution >= 0.6 is 0 Å². The van der Waals surface area contributed by atoms with Crippen LogP contribution in [-0.2, 0) is 25.3 Å². The lowest BCUT2D eigenvalue weighted by Crippen LogP contribution is -2.43. The molecule has 1 heterocycles. The monoisotopic (exact) mass is 365 g/mol. The molecule has 0 aliphatic carbocycles. The summed E-state index contributed by atoms with van der Waals surface area (Å²) in [6.07, 6.45) is 4.88. The van der Waals surface area contributed by atoms with Crippen LogP contribution in [0.25, 0.3) is 0 Å². The lowest BCUT2D eigenvalue weighted by Gasteiger charge is -2.17. The Hall–Kier alpha value is -2.83. The highest BCUT2D eigenvalue weighted by Crippen LogP contribution is 2.19. The molecule has 2 N–H and O–H groups in total. The Bertz CT molecular complexity index is 789. The minimum atomic E-state index is -1.03. The van der Waals surface area contributed by atoms with Gasteiger partial charge >= 0.3 is 21.1 Å². The van der Waals surface area contributed by atoms with Gasteiger partial charge in [0.25, 0.3) is 5.91 Å². The van der Waals surface area contributed by atoms with E-state index < -0.39 is 25.0 Å². The average Bonchev–Trinajstić information content (AvgIpc) is 3.00. The first kappa shape index (κ1) is 20.5. The van der Waals surface area contributed by atoms with Crippen molar-refractivity contribution >= 4 is 27.0 Å². The molecule has 0 bridgehead atoms. The normalized spacial score (nSPS) is 16.9. The van der Waals surface area contributed by atoms with Gasteiger partial charge in [0.05, 0.1) is 6.61 Å². The zero-order valence-corrected chi connectivity index (χ0v) is 15.2. The molecular formula is C19H21B2NO5. The summed E-state index contributed by atoms with van der Waals surface area (Å²) in [4.78, 5) is 24.6. The zero-order chi connectivity index (χ0) is 19.8. The first-order valence-electron chi connectivity index (χ1n) is 8.41. The van der Waals surface area contributed by atoms with Crippen LogP contribution in [0.5, 0.6) is 0 Å². The lowest BCUT2D eigenvalue weighted by molar-refractivity contribution is -0.138. The molecule has 1 aromatic rings. The third-order valence-corrected chi connectivity index (χ3v) is 4.13. The summed E-state index contributed by atoms with van der Waals surface area (Å²) >= 11 is 0. The van der Waals surface area contributed by atoms with Crippen molar-refractivity contribution in [3.05, 3.63) is 83.9 Å². The number of allylic oxidation sites excluding steroid dienone is 2. The summed E-state index contributed by atoms with van der Waals surface area (Å²) in [6.45, 7) is 7.58. The Balaban J connectivity index is 2.13. The van der Waals surface area contributed by atoms with Gasteiger partial charge in [0, 0.05) is 12.0 Å². The standard InChI is InChI=1S/C19H21B2NO5/c1-3-15(9-10-16-12-26-21(25)13(16)2)18(23)22-17(19(24)27-20)11-14-7-5-4-6-8-14/h3-10,17,25H,1-2,11-12,20H2,(H,22,23)/b15-9+,16-10-. The number of hydrogen-bond donors (Lipinski definition) is 2. The molecule has 1 fully saturated rings.